The molecule has 138 valence electrons. The first-order chi connectivity index (χ1) is 11.9. The lowest BCUT2D eigenvalue weighted by molar-refractivity contribution is -0.124. The second-order valence-corrected chi connectivity index (χ2v) is 6.62. The van der Waals surface area contributed by atoms with E-state index in [-0.39, 0.29) is 29.8 Å². The Morgan fingerprint density at radius 2 is 2.12 bits per heavy atom. The SMILES string of the molecule is Cc1cc(C)n(CCC(=O)NCCN2CCCC(C(N)=O)C2)c(=O)n1. The van der Waals surface area contributed by atoms with Gasteiger partial charge in [0, 0.05) is 44.0 Å². The molecule has 0 aromatic carbocycles. The van der Waals surface area contributed by atoms with Crippen LogP contribution in [-0.4, -0.2) is 52.4 Å². The molecule has 1 unspecified atom stereocenters. The summed E-state index contributed by atoms with van der Waals surface area (Å²) in [5, 5.41) is 2.86. The minimum absolute atomic E-state index is 0.0895. The van der Waals surface area contributed by atoms with Crippen LogP contribution in [0.1, 0.15) is 30.7 Å². The van der Waals surface area contributed by atoms with Gasteiger partial charge in [-0.05, 0) is 39.3 Å². The standard InChI is InChI=1S/C17H27N5O3/c1-12-10-13(2)22(17(25)20-12)8-5-15(23)19-6-9-21-7-3-4-14(11-21)16(18)24/h10,14H,3-9,11H2,1-2H3,(H2,18,24)(H,19,23). The molecule has 0 aliphatic carbocycles. The van der Waals surface area contributed by atoms with Crippen molar-refractivity contribution in [3.8, 4) is 0 Å². The molecule has 2 heterocycles. The highest BCUT2D eigenvalue weighted by Gasteiger charge is 2.23. The van der Waals surface area contributed by atoms with Crippen molar-refractivity contribution in [1.29, 1.82) is 0 Å². The second-order valence-electron chi connectivity index (χ2n) is 6.62. The fraction of sp³-hybridized carbons (Fsp3) is 0.647. The summed E-state index contributed by atoms with van der Waals surface area (Å²) in [5.74, 6) is -0.440. The van der Waals surface area contributed by atoms with Gasteiger partial charge >= 0.3 is 5.69 Å². The topological polar surface area (TPSA) is 110 Å². The minimum Gasteiger partial charge on any atom is -0.369 e. The van der Waals surface area contributed by atoms with Gasteiger partial charge in [-0.25, -0.2) is 4.79 Å². The number of amides is 2. The Labute approximate surface area is 147 Å². The number of primary amides is 1. The van der Waals surface area contributed by atoms with Gasteiger partial charge in [-0.2, -0.15) is 4.98 Å². The molecule has 8 nitrogen and oxygen atoms in total. The average Bonchev–Trinajstić information content (AvgIpc) is 2.54. The summed E-state index contributed by atoms with van der Waals surface area (Å²) >= 11 is 0. The fourth-order valence-electron chi connectivity index (χ4n) is 3.19. The Morgan fingerprint density at radius 1 is 1.36 bits per heavy atom. The van der Waals surface area contributed by atoms with Crippen LogP contribution in [0.2, 0.25) is 0 Å². The number of rotatable bonds is 7. The van der Waals surface area contributed by atoms with Crippen LogP contribution in [0.25, 0.3) is 0 Å². The molecule has 1 aromatic rings. The Balaban J connectivity index is 1.73. The summed E-state index contributed by atoms with van der Waals surface area (Å²) in [6, 6.07) is 1.82. The lowest BCUT2D eigenvalue weighted by Crippen LogP contribution is -2.44. The second kappa shape index (κ2) is 8.75. The van der Waals surface area contributed by atoms with Gasteiger partial charge in [0.2, 0.25) is 11.8 Å². The van der Waals surface area contributed by atoms with Crippen LogP contribution in [0.5, 0.6) is 0 Å². The van der Waals surface area contributed by atoms with E-state index < -0.39 is 0 Å². The molecule has 1 aliphatic heterocycles. The van der Waals surface area contributed by atoms with Gasteiger partial charge in [0.15, 0.2) is 0 Å². The summed E-state index contributed by atoms with van der Waals surface area (Å²) in [6.07, 6.45) is 2.02. The van der Waals surface area contributed by atoms with Crippen LogP contribution in [0.15, 0.2) is 10.9 Å². The fourth-order valence-corrected chi connectivity index (χ4v) is 3.19. The largest absolute Gasteiger partial charge is 0.369 e. The zero-order chi connectivity index (χ0) is 18.4. The van der Waals surface area contributed by atoms with Crippen LogP contribution >= 0.6 is 0 Å². The highest BCUT2D eigenvalue weighted by Crippen LogP contribution is 2.15. The normalized spacial score (nSPS) is 18.1. The third kappa shape index (κ3) is 5.67. The number of likely N-dealkylation sites (tertiary alicyclic amines) is 1. The van der Waals surface area contributed by atoms with Crippen LogP contribution in [0, 0.1) is 19.8 Å². The number of nitrogens with one attached hydrogen (secondary N) is 1. The van der Waals surface area contributed by atoms with Crippen molar-refractivity contribution >= 4 is 11.8 Å². The van der Waals surface area contributed by atoms with Crippen LogP contribution in [-0.2, 0) is 16.1 Å². The molecule has 1 atom stereocenters. The first kappa shape index (κ1) is 19.1. The Morgan fingerprint density at radius 3 is 2.80 bits per heavy atom. The molecule has 1 fully saturated rings. The molecule has 3 N–H and O–H groups in total. The zero-order valence-electron chi connectivity index (χ0n) is 15.0. The van der Waals surface area contributed by atoms with Gasteiger partial charge in [-0.15, -0.1) is 0 Å². The Bertz CT molecular complexity index is 685. The van der Waals surface area contributed by atoms with E-state index in [1.165, 1.54) is 4.57 Å². The van der Waals surface area contributed by atoms with E-state index in [9.17, 15) is 14.4 Å². The first-order valence-corrected chi connectivity index (χ1v) is 8.70. The third-order valence-electron chi connectivity index (χ3n) is 4.57. The number of hydrogen-bond acceptors (Lipinski definition) is 5. The predicted octanol–water partition coefficient (Wildman–Crippen LogP) is -0.436. The van der Waals surface area contributed by atoms with Crippen molar-refractivity contribution in [2.75, 3.05) is 26.2 Å². The van der Waals surface area contributed by atoms with Gasteiger partial charge in [0.05, 0.1) is 5.92 Å². The van der Waals surface area contributed by atoms with E-state index in [4.69, 9.17) is 5.73 Å². The highest BCUT2D eigenvalue weighted by molar-refractivity contribution is 5.77. The maximum absolute atomic E-state index is 12.0. The zero-order valence-corrected chi connectivity index (χ0v) is 15.0. The number of carbonyl (C=O) groups is 2. The van der Waals surface area contributed by atoms with Crippen LogP contribution in [0.4, 0.5) is 0 Å². The van der Waals surface area contributed by atoms with Crippen molar-refractivity contribution in [3.63, 3.8) is 0 Å². The molecule has 25 heavy (non-hydrogen) atoms. The minimum atomic E-state index is -0.323. The van der Waals surface area contributed by atoms with Crippen molar-refractivity contribution in [2.45, 2.75) is 39.7 Å². The molecule has 8 heteroatoms. The van der Waals surface area contributed by atoms with Gasteiger partial charge in [-0.3, -0.25) is 14.2 Å². The summed E-state index contributed by atoms with van der Waals surface area (Å²) in [7, 11) is 0. The monoisotopic (exact) mass is 349 g/mol. The maximum Gasteiger partial charge on any atom is 0.347 e. The number of carbonyl (C=O) groups excluding carboxylic acids is 2. The third-order valence-corrected chi connectivity index (χ3v) is 4.57. The first-order valence-electron chi connectivity index (χ1n) is 8.70. The highest BCUT2D eigenvalue weighted by atomic mass is 16.2. The summed E-state index contributed by atoms with van der Waals surface area (Å²) in [6.45, 7) is 6.72. The van der Waals surface area contributed by atoms with Crippen molar-refractivity contribution < 1.29 is 9.59 Å². The Kier molecular flexibility index (Phi) is 6.69. The molecular weight excluding hydrogens is 322 g/mol. The predicted molar refractivity (Wildman–Crippen MR) is 94.0 cm³/mol. The van der Waals surface area contributed by atoms with Crippen LogP contribution in [0.3, 0.4) is 0 Å². The number of aryl methyl sites for hydroxylation is 2. The van der Waals surface area contributed by atoms with Crippen molar-refractivity contribution in [2.24, 2.45) is 11.7 Å². The quantitative estimate of drug-likeness (QED) is 0.694. The van der Waals surface area contributed by atoms with E-state index in [0.29, 0.717) is 31.9 Å². The van der Waals surface area contributed by atoms with E-state index in [2.05, 4.69) is 15.2 Å². The number of nitrogens with zero attached hydrogens (tertiary/aromatic N) is 3. The number of piperidine rings is 1. The molecule has 1 aliphatic rings. The molecule has 2 amide bonds. The van der Waals surface area contributed by atoms with E-state index in [1.54, 1.807) is 6.92 Å². The molecule has 1 aromatic heterocycles. The molecule has 0 spiro atoms. The van der Waals surface area contributed by atoms with E-state index in [1.807, 2.05) is 13.0 Å². The van der Waals surface area contributed by atoms with Crippen molar-refractivity contribution in [3.05, 3.63) is 27.9 Å². The number of aromatic nitrogens is 2. The average molecular weight is 349 g/mol. The lowest BCUT2D eigenvalue weighted by atomic mass is 9.97. The van der Waals surface area contributed by atoms with Crippen LogP contribution < -0.4 is 16.7 Å². The number of hydrogen-bond donors (Lipinski definition) is 2. The maximum atomic E-state index is 12.0. The molecule has 2 rings (SSSR count). The summed E-state index contributed by atoms with van der Waals surface area (Å²) < 4.78 is 1.51. The van der Waals surface area contributed by atoms with Crippen molar-refractivity contribution in [1.82, 2.24) is 19.8 Å². The Hall–Kier alpha value is -2.22. The molecule has 1 saturated heterocycles. The summed E-state index contributed by atoms with van der Waals surface area (Å²) in [4.78, 5) is 41.1. The van der Waals surface area contributed by atoms with E-state index >= 15 is 0 Å². The number of nitrogens with two attached hydrogens (primary N) is 1. The van der Waals surface area contributed by atoms with Gasteiger partial charge in [0.1, 0.15) is 0 Å². The van der Waals surface area contributed by atoms with Gasteiger partial charge < -0.3 is 16.0 Å². The molecular formula is C17H27N5O3. The molecule has 0 saturated carbocycles. The van der Waals surface area contributed by atoms with Gasteiger partial charge in [0.25, 0.3) is 0 Å². The molecule has 0 radical (unpaired) electrons. The van der Waals surface area contributed by atoms with E-state index in [0.717, 1.165) is 25.1 Å². The smallest absolute Gasteiger partial charge is 0.347 e. The summed E-state index contributed by atoms with van der Waals surface area (Å²) in [5.41, 5.74) is 6.53. The lowest BCUT2D eigenvalue weighted by Gasteiger charge is -2.31. The van der Waals surface area contributed by atoms with Gasteiger partial charge in [-0.1, -0.05) is 0 Å². The molecule has 0 bridgehead atoms.